The van der Waals surface area contributed by atoms with Crippen molar-refractivity contribution in [2.75, 3.05) is 18.4 Å². The van der Waals surface area contributed by atoms with E-state index < -0.39 is 6.43 Å². The first-order chi connectivity index (χ1) is 13.3. The molecule has 0 heterocycles. The van der Waals surface area contributed by atoms with E-state index in [4.69, 9.17) is 4.74 Å². The van der Waals surface area contributed by atoms with Crippen LogP contribution in [0.15, 0.2) is 48.5 Å². The first-order valence-corrected chi connectivity index (χ1v) is 8.79. The number of alkyl halides is 2. The molecule has 0 aliphatic heterocycles. The number of halogens is 2. The van der Waals surface area contributed by atoms with E-state index in [0.29, 0.717) is 17.2 Å². The average Bonchev–Trinajstić information content (AvgIpc) is 2.63. The first-order valence-electron chi connectivity index (χ1n) is 8.79. The van der Waals surface area contributed by atoms with Crippen LogP contribution in [0.4, 0.5) is 14.5 Å². The minimum Gasteiger partial charge on any atom is -0.457 e. The lowest BCUT2D eigenvalue weighted by molar-refractivity contribution is -0.120. The summed E-state index contributed by atoms with van der Waals surface area (Å²) >= 11 is 0. The number of benzene rings is 2. The molecule has 0 aliphatic carbocycles. The zero-order valence-corrected chi connectivity index (χ0v) is 15.7. The lowest BCUT2D eigenvalue weighted by atomic mass is 10.2. The summed E-state index contributed by atoms with van der Waals surface area (Å²) in [4.78, 5) is 23.4. The van der Waals surface area contributed by atoms with Crippen LogP contribution < -0.4 is 20.7 Å². The molecule has 2 rings (SSSR count). The highest BCUT2D eigenvalue weighted by Gasteiger charge is 2.08. The Balaban J connectivity index is 1.78. The molecule has 0 radical (unpaired) electrons. The lowest BCUT2D eigenvalue weighted by Crippen LogP contribution is -2.40. The predicted molar refractivity (Wildman–Crippen MR) is 103 cm³/mol. The summed E-state index contributed by atoms with van der Waals surface area (Å²) in [6, 6.07) is 12.2. The molecule has 0 fully saturated rings. The fourth-order valence-corrected chi connectivity index (χ4v) is 2.29. The molecule has 0 saturated carbocycles. The topological polar surface area (TPSA) is 79.5 Å². The van der Waals surface area contributed by atoms with Gasteiger partial charge in [0.2, 0.25) is 11.8 Å². The van der Waals surface area contributed by atoms with Crippen LogP contribution in [0, 0.1) is 0 Å². The molecule has 0 spiro atoms. The Morgan fingerprint density at radius 3 is 1.96 bits per heavy atom. The highest BCUT2D eigenvalue weighted by atomic mass is 19.3. The molecule has 150 valence electrons. The standard InChI is InChI=1S/C20H23F2N3O3/c1-13(2)24-18(26)11-23-12-19(27)25-15-5-9-17(10-6-15)28-16-7-3-14(4-8-16)20(21)22/h3-10,13,20,23H,11-12H2,1-2H3,(H,24,26)(H,25,27). The number of ether oxygens (including phenoxy) is 1. The number of carbonyl (C=O) groups is 2. The zero-order valence-electron chi connectivity index (χ0n) is 15.7. The molecule has 2 aromatic carbocycles. The van der Waals surface area contributed by atoms with Gasteiger partial charge in [-0.2, -0.15) is 0 Å². The van der Waals surface area contributed by atoms with Crippen LogP contribution in [-0.4, -0.2) is 30.9 Å². The van der Waals surface area contributed by atoms with Gasteiger partial charge in [0.05, 0.1) is 13.1 Å². The Morgan fingerprint density at radius 2 is 1.43 bits per heavy atom. The van der Waals surface area contributed by atoms with Gasteiger partial charge in [-0.3, -0.25) is 14.9 Å². The van der Waals surface area contributed by atoms with E-state index in [1.807, 2.05) is 13.8 Å². The van der Waals surface area contributed by atoms with Crippen LogP contribution in [0.5, 0.6) is 11.5 Å². The molecule has 0 aromatic heterocycles. The second-order valence-corrected chi connectivity index (χ2v) is 6.37. The van der Waals surface area contributed by atoms with Gasteiger partial charge in [-0.25, -0.2) is 8.78 Å². The number of rotatable bonds is 9. The molecule has 0 atom stereocenters. The van der Waals surface area contributed by atoms with E-state index in [2.05, 4.69) is 16.0 Å². The maximum absolute atomic E-state index is 12.5. The molecule has 0 saturated heterocycles. The van der Waals surface area contributed by atoms with E-state index in [-0.39, 0.29) is 36.5 Å². The van der Waals surface area contributed by atoms with Crippen molar-refractivity contribution in [3.8, 4) is 11.5 Å². The van der Waals surface area contributed by atoms with Crippen molar-refractivity contribution in [3.63, 3.8) is 0 Å². The molecule has 3 N–H and O–H groups in total. The van der Waals surface area contributed by atoms with E-state index >= 15 is 0 Å². The molecule has 28 heavy (non-hydrogen) atoms. The summed E-state index contributed by atoms with van der Waals surface area (Å²) in [7, 11) is 0. The number of hydrogen-bond acceptors (Lipinski definition) is 4. The third kappa shape index (κ3) is 7.32. The highest BCUT2D eigenvalue weighted by Crippen LogP contribution is 2.26. The van der Waals surface area contributed by atoms with Crippen LogP contribution in [0.2, 0.25) is 0 Å². The van der Waals surface area contributed by atoms with Crippen LogP contribution in [0.1, 0.15) is 25.8 Å². The van der Waals surface area contributed by atoms with Gasteiger partial charge >= 0.3 is 0 Å². The van der Waals surface area contributed by atoms with Gasteiger partial charge in [-0.05, 0) is 62.4 Å². The molecule has 0 bridgehead atoms. The smallest absolute Gasteiger partial charge is 0.263 e. The molecule has 8 heteroatoms. The second kappa shape index (κ2) is 10.4. The van der Waals surface area contributed by atoms with E-state index in [1.165, 1.54) is 24.3 Å². The van der Waals surface area contributed by atoms with Crippen molar-refractivity contribution in [3.05, 3.63) is 54.1 Å². The van der Waals surface area contributed by atoms with Gasteiger partial charge in [0.15, 0.2) is 0 Å². The van der Waals surface area contributed by atoms with Gasteiger partial charge < -0.3 is 15.4 Å². The van der Waals surface area contributed by atoms with Gasteiger partial charge in [0, 0.05) is 17.3 Å². The average molecular weight is 391 g/mol. The van der Waals surface area contributed by atoms with Crippen molar-refractivity contribution in [1.29, 1.82) is 0 Å². The minimum atomic E-state index is -2.52. The Labute approximate surface area is 162 Å². The summed E-state index contributed by atoms with van der Waals surface area (Å²) < 4.78 is 30.7. The molecule has 2 amide bonds. The van der Waals surface area contributed by atoms with E-state index in [9.17, 15) is 18.4 Å². The molecule has 0 aliphatic rings. The molecular weight excluding hydrogens is 368 g/mol. The zero-order chi connectivity index (χ0) is 20.5. The monoisotopic (exact) mass is 391 g/mol. The van der Waals surface area contributed by atoms with Crippen LogP contribution in [0.25, 0.3) is 0 Å². The van der Waals surface area contributed by atoms with E-state index in [1.54, 1.807) is 24.3 Å². The SMILES string of the molecule is CC(C)NC(=O)CNCC(=O)Nc1ccc(Oc2ccc(C(F)F)cc2)cc1. The Bertz CT molecular complexity index is 778. The molecule has 2 aromatic rings. The summed E-state index contributed by atoms with van der Waals surface area (Å²) in [5.74, 6) is 0.482. The predicted octanol–water partition coefficient (Wildman–Crippen LogP) is 3.47. The van der Waals surface area contributed by atoms with Gasteiger partial charge in [0.25, 0.3) is 6.43 Å². The highest BCUT2D eigenvalue weighted by molar-refractivity contribution is 5.92. The third-order valence-electron chi connectivity index (χ3n) is 3.53. The Hall–Kier alpha value is -3.00. The van der Waals surface area contributed by atoms with Crippen molar-refractivity contribution in [2.45, 2.75) is 26.3 Å². The quantitative estimate of drug-likeness (QED) is 0.612. The summed E-state index contributed by atoms with van der Waals surface area (Å²) in [5, 5.41) is 8.18. The van der Waals surface area contributed by atoms with Crippen molar-refractivity contribution >= 4 is 17.5 Å². The molecule has 6 nitrogen and oxygen atoms in total. The number of carbonyl (C=O) groups excluding carboxylic acids is 2. The minimum absolute atomic E-state index is 0.000250. The van der Waals surface area contributed by atoms with Crippen molar-refractivity contribution < 1.29 is 23.1 Å². The van der Waals surface area contributed by atoms with Gasteiger partial charge in [-0.1, -0.05) is 0 Å². The van der Waals surface area contributed by atoms with Gasteiger partial charge in [-0.15, -0.1) is 0 Å². The Kier molecular flexibility index (Phi) is 7.88. The van der Waals surface area contributed by atoms with Crippen LogP contribution >= 0.6 is 0 Å². The number of amides is 2. The fraction of sp³-hybridized carbons (Fsp3) is 0.300. The summed E-state index contributed by atoms with van der Waals surface area (Å²) in [6.07, 6.45) is -2.52. The first kappa shape index (κ1) is 21.3. The van der Waals surface area contributed by atoms with Crippen LogP contribution in [-0.2, 0) is 9.59 Å². The lowest BCUT2D eigenvalue weighted by Gasteiger charge is -2.10. The van der Waals surface area contributed by atoms with E-state index in [0.717, 1.165) is 0 Å². The van der Waals surface area contributed by atoms with Crippen LogP contribution in [0.3, 0.4) is 0 Å². The second-order valence-electron chi connectivity index (χ2n) is 6.37. The van der Waals surface area contributed by atoms with Crippen molar-refractivity contribution in [2.24, 2.45) is 0 Å². The normalized spacial score (nSPS) is 10.8. The number of anilines is 1. The summed E-state index contributed by atoms with van der Waals surface area (Å²) in [6.45, 7) is 3.77. The maximum Gasteiger partial charge on any atom is 0.263 e. The molecule has 0 unspecified atom stereocenters. The van der Waals surface area contributed by atoms with Crippen molar-refractivity contribution in [1.82, 2.24) is 10.6 Å². The van der Waals surface area contributed by atoms with Gasteiger partial charge in [0.1, 0.15) is 11.5 Å². The maximum atomic E-state index is 12.5. The number of hydrogen-bond donors (Lipinski definition) is 3. The largest absolute Gasteiger partial charge is 0.457 e. The Morgan fingerprint density at radius 1 is 0.893 bits per heavy atom. The molecular formula is C20H23F2N3O3. The fourth-order valence-electron chi connectivity index (χ4n) is 2.29. The third-order valence-corrected chi connectivity index (χ3v) is 3.53. The number of nitrogens with one attached hydrogen (secondary N) is 3. The summed E-state index contributed by atoms with van der Waals surface area (Å²) in [5.41, 5.74) is 0.500.